The van der Waals surface area contributed by atoms with Crippen molar-refractivity contribution >= 4 is 39.3 Å². The summed E-state index contributed by atoms with van der Waals surface area (Å²) in [7, 11) is -13.6. The van der Waals surface area contributed by atoms with Crippen LogP contribution in [-0.2, 0) is 39.3 Å². The first-order valence-corrected chi connectivity index (χ1v) is 42.8. The second kappa shape index (κ2) is 32.8. The normalized spacial score (nSPS) is 27.2. The highest BCUT2D eigenvalue weighted by atomic mass is 32.2. The predicted octanol–water partition coefficient (Wildman–Crippen LogP) is 17.9. The molecular weight excluding hydrogens is 1330 g/mol. The van der Waals surface area contributed by atoms with Gasteiger partial charge in [-0.3, -0.25) is 0 Å². The Morgan fingerprint density at radius 1 is 0.310 bits per heavy atom. The molecular formula is C85H106O11S4. The minimum Gasteiger partial charge on any atom is -0.392 e. The number of aliphatic hydroxyl groups is 3. The summed E-state index contributed by atoms with van der Waals surface area (Å²) in [5.74, 6) is -0.399. The molecule has 0 amide bonds. The van der Waals surface area contributed by atoms with Crippen LogP contribution in [-0.4, -0.2) is 90.3 Å². The number of rotatable bonds is 16. The van der Waals surface area contributed by atoms with Crippen molar-refractivity contribution in [2.45, 2.75) is 201 Å². The summed E-state index contributed by atoms with van der Waals surface area (Å²) in [5.41, 5.74) is 5.03. The molecule has 8 aromatic rings. The standard InChI is InChI=1S/C23H30O2S.2C22H28O3S.C18H20O3S/c1-4-6-16-23(5-2)17-26(24,25)21-15-11-10-14-20(21)22(18(23)3)19-12-8-7-9-13-19;2*1-3-5-15-22(4-2)16-26(24,25)19-14-10-9-13-18(19)20(21(22)23)17-11-7-6-8-12-17;1-18(2)12-22(20,21)15-11-7-6-10-14(15)16(17(18)19)13-8-4-3-5-9-13/h7-15,18,22H,4-6,16-17H2,1-3H3;2*6-14,20-21,23H,3-5,15-16H2,1-2H3;3-11,16-17,19H,12H2,1-2H3/t18?,22-,23+;20?,21?,22-;20-,21?,22+;/m010./s1. The summed E-state index contributed by atoms with van der Waals surface area (Å²) in [6, 6.07) is 68.8. The van der Waals surface area contributed by atoms with Crippen LogP contribution >= 0.6 is 0 Å². The van der Waals surface area contributed by atoms with Gasteiger partial charge in [-0.1, -0.05) is 295 Å². The van der Waals surface area contributed by atoms with Crippen LogP contribution in [0.3, 0.4) is 0 Å². The fourth-order valence-electron chi connectivity index (χ4n) is 16.8. The molecule has 0 fully saturated rings. The Balaban J connectivity index is 0.000000156. The maximum atomic E-state index is 13.4. The monoisotopic (exact) mass is 1430 g/mol. The molecule has 11 atom stereocenters. The zero-order valence-corrected chi connectivity index (χ0v) is 63.2. The molecule has 0 bridgehead atoms. The molecule has 12 rings (SSSR count). The molecule has 4 aliphatic heterocycles. The minimum atomic E-state index is -3.46. The van der Waals surface area contributed by atoms with E-state index in [1.54, 1.807) is 42.5 Å². The number of unbranched alkanes of at least 4 members (excludes halogenated alkanes) is 3. The van der Waals surface area contributed by atoms with Crippen molar-refractivity contribution in [1.82, 2.24) is 0 Å². The molecule has 4 aliphatic rings. The van der Waals surface area contributed by atoms with E-state index >= 15 is 0 Å². The van der Waals surface area contributed by atoms with Crippen LogP contribution in [0.15, 0.2) is 238 Å². The van der Waals surface area contributed by atoms with Gasteiger partial charge in [0, 0.05) is 39.9 Å². The van der Waals surface area contributed by atoms with Gasteiger partial charge in [0.1, 0.15) is 0 Å². The van der Waals surface area contributed by atoms with E-state index in [-0.39, 0.29) is 58.0 Å². The van der Waals surface area contributed by atoms with Gasteiger partial charge in [0.05, 0.1) is 60.9 Å². The lowest BCUT2D eigenvalue weighted by atomic mass is 9.64. The van der Waals surface area contributed by atoms with Crippen LogP contribution in [0.25, 0.3) is 0 Å². The average molecular weight is 1430 g/mol. The Morgan fingerprint density at radius 3 is 0.830 bits per heavy atom. The highest BCUT2D eigenvalue weighted by molar-refractivity contribution is 7.92. The van der Waals surface area contributed by atoms with Gasteiger partial charge < -0.3 is 15.3 Å². The number of fused-ring (bicyclic) bond motifs is 4. The zero-order valence-electron chi connectivity index (χ0n) is 60.0. The number of benzene rings is 8. The topological polar surface area (TPSA) is 197 Å². The highest BCUT2D eigenvalue weighted by Gasteiger charge is 2.52. The smallest absolute Gasteiger partial charge is 0.179 e. The summed E-state index contributed by atoms with van der Waals surface area (Å²) in [5, 5.41) is 34.1. The first-order chi connectivity index (χ1) is 47.7. The molecule has 11 nitrogen and oxygen atoms in total. The van der Waals surface area contributed by atoms with Crippen LogP contribution in [0.1, 0.15) is 208 Å². The molecule has 0 saturated carbocycles. The molecule has 15 heteroatoms. The molecule has 0 aliphatic carbocycles. The predicted molar refractivity (Wildman–Crippen MR) is 405 cm³/mol. The Morgan fingerprint density at radius 2 is 0.540 bits per heavy atom. The highest BCUT2D eigenvalue weighted by Crippen LogP contribution is 2.54. The Hall–Kier alpha value is -6.56. The summed E-state index contributed by atoms with van der Waals surface area (Å²) in [6.07, 6.45) is 8.31. The van der Waals surface area contributed by atoms with E-state index in [4.69, 9.17) is 0 Å². The molecule has 0 saturated heterocycles. The van der Waals surface area contributed by atoms with Gasteiger partial charge in [-0.25, -0.2) is 33.7 Å². The number of aliphatic hydroxyl groups excluding tert-OH is 3. The largest absolute Gasteiger partial charge is 0.392 e. The zero-order chi connectivity index (χ0) is 72.3. The summed E-state index contributed by atoms with van der Waals surface area (Å²) in [6.45, 7) is 18.5. The third-order valence-corrected chi connectivity index (χ3v) is 30.8. The molecule has 0 radical (unpaired) electrons. The van der Waals surface area contributed by atoms with Crippen molar-refractivity contribution < 1.29 is 49.0 Å². The molecule has 6 unspecified atom stereocenters. The van der Waals surface area contributed by atoms with Crippen molar-refractivity contribution in [3.8, 4) is 0 Å². The van der Waals surface area contributed by atoms with E-state index in [9.17, 15) is 49.0 Å². The SMILES string of the molecule is CC1(C)CS(=O)(=O)c2ccccc2C(c2ccccc2)C1O.CCCC[C@]1(CC)CS(=O)(=O)c2ccccc2C(c2ccccc2)C1O.CCCC[C@]1(CC)CS(=O)(=O)c2ccccc2[C@H](c2ccccc2)C1C.CCCC[C@]1(CC)CS(=O)(=O)c2ccccc2[C@H](c2ccccc2)C1O. The quantitative estimate of drug-likeness (QED) is 0.0832. The third-order valence-electron chi connectivity index (χ3n) is 22.7. The molecule has 0 spiro atoms. The number of hydrogen-bond donors (Lipinski definition) is 3. The van der Waals surface area contributed by atoms with E-state index < -0.39 is 73.9 Å². The molecule has 0 aromatic heterocycles. The lowest BCUT2D eigenvalue weighted by Crippen LogP contribution is -2.42. The molecule has 3 N–H and O–H groups in total. The van der Waals surface area contributed by atoms with Gasteiger partial charge >= 0.3 is 0 Å². The van der Waals surface area contributed by atoms with E-state index in [1.807, 2.05) is 179 Å². The van der Waals surface area contributed by atoms with Crippen molar-refractivity contribution in [3.63, 3.8) is 0 Å². The molecule has 4 heterocycles. The van der Waals surface area contributed by atoms with Gasteiger partial charge in [0.25, 0.3) is 0 Å². The van der Waals surface area contributed by atoms with Crippen LogP contribution in [0.5, 0.6) is 0 Å². The fraction of sp³-hybridized carbons (Fsp3) is 0.435. The van der Waals surface area contributed by atoms with E-state index in [0.717, 1.165) is 97.6 Å². The molecule has 100 heavy (non-hydrogen) atoms. The van der Waals surface area contributed by atoms with Crippen molar-refractivity contribution in [2.75, 3.05) is 23.0 Å². The Bertz CT molecular complexity index is 4110. The maximum absolute atomic E-state index is 13.4. The summed E-state index contributed by atoms with van der Waals surface area (Å²) in [4.78, 5) is 1.63. The van der Waals surface area contributed by atoms with Crippen LogP contribution in [0, 0.1) is 27.6 Å². The van der Waals surface area contributed by atoms with Crippen molar-refractivity contribution in [3.05, 3.63) is 263 Å². The van der Waals surface area contributed by atoms with Crippen LogP contribution in [0.4, 0.5) is 0 Å². The van der Waals surface area contributed by atoms with Gasteiger partial charge in [-0.15, -0.1) is 0 Å². The summed E-state index contributed by atoms with van der Waals surface area (Å²) < 4.78 is 105. The third kappa shape index (κ3) is 16.4. The lowest BCUT2D eigenvalue weighted by molar-refractivity contribution is 0.0173. The van der Waals surface area contributed by atoms with Crippen LogP contribution < -0.4 is 0 Å². The van der Waals surface area contributed by atoms with E-state index in [1.165, 1.54) is 5.56 Å². The van der Waals surface area contributed by atoms with Gasteiger partial charge in [0.2, 0.25) is 0 Å². The first-order valence-electron chi connectivity index (χ1n) is 36.2. The first kappa shape index (κ1) is 77.6. The van der Waals surface area contributed by atoms with Crippen molar-refractivity contribution in [2.24, 2.45) is 27.6 Å². The Labute approximate surface area is 598 Å². The van der Waals surface area contributed by atoms with E-state index in [2.05, 4.69) is 58.9 Å². The van der Waals surface area contributed by atoms with E-state index in [0.29, 0.717) is 38.0 Å². The maximum Gasteiger partial charge on any atom is 0.179 e. The van der Waals surface area contributed by atoms with Crippen molar-refractivity contribution in [1.29, 1.82) is 0 Å². The second-order valence-corrected chi connectivity index (χ2v) is 37.1. The summed E-state index contributed by atoms with van der Waals surface area (Å²) >= 11 is 0. The van der Waals surface area contributed by atoms with Gasteiger partial charge in [0.15, 0.2) is 39.3 Å². The van der Waals surface area contributed by atoms with Crippen LogP contribution in [0.2, 0.25) is 0 Å². The van der Waals surface area contributed by atoms with Gasteiger partial charge in [-0.05, 0) is 119 Å². The molecule has 8 aromatic carbocycles. The molecule has 536 valence electrons. The minimum absolute atomic E-state index is 0.0119. The lowest BCUT2D eigenvalue weighted by Gasteiger charge is -2.41. The number of sulfone groups is 4. The number of hydrogen-bond acceptors (Lipinski definition) is 11. The fourth-order valence-corrected chi connectivity index (χ4v) is 25.8. The average Bonchev–Trinajstić information content (AvgIpc) is 1.61. The van der Waals surface area contributed by atoms with Gasteiger partial charge in [-0.2, -0.15) is 0 Å². The second-order valence-electron chi connectivity index (χ2n) is 29.3. The Kier molecular flexibility index (Phi) is 25.5.